The average Bonchev–Trinajstić information content (AvgIpc) is 2.79. The molecule has 2 fully saturated rings. The predicted molar refractivity (Wildman–Crippen MR) is 119 cm³/mol. The van der Waals surface area contributed by atoms with Crippen LogP contribution < -0.4 is 20.7 Å². The van der Waals surface area contributed by atoms with Crippen molar-refractivity contribution < 1.29 is 9.53 Å². The van der Waals surface area contributed by atoms with E-state index < -0.39 is 0 Å². The number of nitrogens with one attached hydrogen (secondary N) is 3. The summed E-state index contributed by atoms with van der Waals surface area (Å²) in [6.45, 7) is 6.85. The zero-order chi connectivity index (χ0) is 20.8. The Bertz CT molecular complexity index is 824. The summed E-state index contributed by atoms with van der Waals surface area (Å²) in [6.07, 6.45) is 2.38. The Balaban J connectivity index is 1.29. The number of amides is 1. The van der Waals surface area contributed by atoms with Crippen LogP contribution in [0.5, 0.6) is 5.75 Å². The van der Waals surface area contributed by atoms with Gasteiger partial charge in [-0.15, -0.1) is 0 Å². The number of methoxy groups -OCH3 is 1. The lowest BCUT2D eigenvalue weighted by Gasteiger charge is -2.46. The maximum Gasteiger partial charge on any atom is 0.251 e. The molecule has 0 saturated carbocycles. The zero-order valence-electron chi connectivity index (χ0n) is 17.7. The first-order valence-corrected chi connectivity index (χ1v) is 10.8. The van der Waals surface area contributed by atoms with Crippen molar-refractivity contribution in [3.63, 3.8) is 0 Å². The van der Waals surface area contributed by atoms with Crippen LogP contribution >= 0.6 is 0 Å². The van der Waals surface area contributed by atoms with Gasteiger partial charge in [0, 0.05) is 43.8 Å². The topological polar surface area (TPSA) is 65.6 Å². The molecule has 1 amide bonds. The molecule has 0 radical (unpaired) electrons. The molecule has 3 N–H and O–H groups in total. The van der Waals surface area contributed by atoms with Gasteiger partial charge in [0.25, 0.3) is 5.91 Å². The van der Waals surface area contributed by atoms with Crippen LogP contribution in [-0.2, 0) is 13.1 Å². The number of ether oxygens (including phenoxy) is 1. The molecule has 30 heavy (non-hydrogen) atoms. The zero-order valence-corrected chi connectivity index (χ0v) is 17.7. The molecule has 2 heterocycles. The molecule has 0 aliphatic carbocycles. The second kappa shape index (κ2) is 9.60. The van der Waals surface area contributed by atoms with Crippen molar-refractivity contribution in [1.82, 2.24) is 20.9 Å². The molecular formula is C24H32N4O2. The molecule has 2 aliphatic rings. The number of carbonyl (C=O) groups is 1. The summed E-state index contributed by atoms with van der Waals surface area (Å²) >= 11 is 0. The molecule has 2 aliphatic heterocycles. The summed E-state index contributed by atoms with van der Waals surface area (Å²) in [5.41, 5.74) is 3.27. The molecular weight excluding hydrogens is 376 g/mol. The summed E-state index contributed by atoms with van der Waals surface area (Å²) < 4.78 is 5.17. The van der Waals surface area contributed by atoms with E-state index in [2.05, 4.69) is 33.0 Å². The third-order valence-corrected chi connectivity index (χ3v) is 6.25. The Morgan fingerprint density at radius 2 is 1.73 bits per heavy atom. The van der Waals surface area contributed by atoms with Gasteiger partial charge in [-0.2, -0.15) is 0 Å². The van der Waals surface area contributed by atoms with Gasteiger partial charge in [0.15, 0.2) is 0 Å². The largest absolute Gasteiger partial charge is 0.497 e. The minimum absolute atomic E-state index is 0.0480. The Hall–Kier alpha value is -2.41. The van der Waals surface area contributed by atoms with Gasteiger partial charge >= 0.3 is 0 Å². The van der Waals surface area contributed by atoms with Gasteiger partial charge in [-0.05, 0) is 61.3 Å². The number of nitrogens with zero attached hydrogens (tertiary/aromatic N) is 1. The lowest BCUT2D eigenvalue weighted by Crippen LogP contribution is -2.63. The maximum absolute atomic E-state index is 12.5. The third kappa shape index (κ3) is 5.19. The van der Waals surface area contributed by atoms with Crippen molar-refractivity contribution in [3.05, 3.63) is 65.2 Å². The molecule has 2 saturated heterocycles. The third-order valence-electron chi connectivity index (χ3n) is 6.25. The smallest absolute Gasteiger partial charge is 0.251 e. The molecule has 0 atom stereocenters. The van der Waals surface area contributed by atoms with Crippen LogP contribution in [0, 0.1) is 0 Å². The van der Waals surface area contributed by atoms with Crippen LogP contribution in [-0.4, -0.2) is 56.2 Å². The molecule has 6 nitrogen and oxygen atoms in total. The molecule has 0 bridgehead atoms. The van der Waals surface area contributed by atoms with Crippen molar-refractivity contribution in [2.75, 3.05) is 39.8 Å². The first kappa shape index (κ1) is 20.8. The van der Waals surface area contributed by atoms with E-state index in [-0.39, 0.29) is 11.4 Å². The van der Waals surface area contributed by atoms with Crippen molar-refractivity contribution in [2.45, 2.75) is 31.5 Å². The summed E-state index contributed by atoms with van der Waals surface area (Å²) in [6, 6.07) is 15.8. The molecule has 4 rings (SSSR count). The first-order chi connectivity index (χ1) is 14.7. The molecule has 160 valence electrons. The quantitative estimate of drug-likeness (QED) is 0.684. The monoisotopic (exact) mass is 408 g/mol. The molecule has 6 heteroatoms. The van der Waals surface area contributed by atoms with E-state index in [1.807, 2.05) is 36.4 Å². The maximum atomic E-state index is 12.5. The number of piperazine rings is 1. The fourth-order valence-corrected chi connectivity index (χ4v) is 4.46. The number of benzene rings is 2. The van der Waals surface area contributed by atoms with E-state index in [0.29, 0.717) is 12.1 Å². The van der Waals surface area contributed by atoms with Gasteiger partial charge < -0.3 is 20.7 Å². The summed E-state index contributed by atoms with van der Waals surface area (Å²) in [4.78, 5) is 15.0. The van der Waals surface area contributed by atoms with Gasteiger partial charge in [0.1, 0.15) is 5.75 Å². The van der Waals surface area contributed by atoms with E-state index >= 15 is 0 Å². The van der Waals surface area contributed by atoms with Crippen LogP contribution in [0.2, 0.25) is 0 Å². The first-order valence-electron chi connectivity index (χ1n) is 10.8. The number of carbonyl (C=O) groups excluding carboxylic acids is 1. The van der Waals surface area contributed by atoms with E-state index in [0.717, 1.165) is 50.6 Å². The van der Waals surface area contributed by atoms with Crippen molar-refractivity contribution in [3.8, 4) is 5.75 Å². The number of piperidine rings is 1. The minimum Gasteiger partial charge on any atom is -0.497 e. The van der Waals surface area contributed by atoms with E-state index in [1.165, 1.54) is 18.4 Å². The lowest BCUT2D eigenvalue weighted by molar-refractivity contribution is 0.0951. The molecule has 2 aromatic rings. The highest BCUT2D eigenvalue weighted by atomic mass is 16.5. The molecule has 2 aromatic carbocycles. The van der Waals surface area contributed by atoms with Crippen LogP contribution in [0.4, 0.5) is 0 Å². The minimum atomic E-state index is -0.0480. The van der Waals surface area contributed by atoms with Gasteiger partial charge in [0.05, 0.1) is 7.11 Å². The standard InChI is InChI=1S/C24H32N4O2/c1-30-22-8-4-19(5-9-22)16-26-23(29)21-6-2-20(3-7-21)17-28-15-14-27-24(18-28)10-12-25-13-11-24/h2-9,25,27H,10-18H2,1H3,(H,26,29). The Labute approximate surface area is 179 Å². The van der Waals surface area contributed by atoms with Crippen molar-refractivity contribution >= 4 is 5.91 Å². The van der Waals surface area contributed by atoms with Gasteiger partial charge in [0.2, 0.25) is 0 Å². The Kier molecular flexibility index (Phi) is 6.67. The SMILES string of the molecule is COc1ccc(CNC(=O)c2ccc(CN3CCNC4(CCNCC4)C3)cc2)cc1. The van der Waals surface area contributed by atoms with Crippen molar-refractivity contribution in [2.24, 2.45) is 0 Å². The number of rotatable bonds is 6. The average molecular weight is 409 g/mol. The fraction of sp³-hybridized carbons (Fsp3) is 0.458. The highest BCUT2D eigenvalue weighted by Crippen LogP contribution is 2.23. The Morgan fingerprint density at radius 1 is 1.03 bits per heavy atom. The fourth-order valence-electron chi connectivity index (χ4n) is 4.46. The van der Waals surface area contributed by atoms with Gasteiger partial charge in [-0.3, -0.25) is 9.69 Å². The van der Waals surface area contributed by atoms with Gasteiger partial charge in [-0.25, -0.2) is 0 Å². The molecule has 1 spiro atoms. The highest BCUT2D eigenvalue weighted by Gasteiger charge is 2.35. The van der Waals surface area contributed by atoms with Crippen LogP contribution in [0.3, 0.4) is 0 Å². The lowest BCUT2D eigenvalue weighted by atomic mass is 9.86. The van der Waals surface area contributed by atoms with Crippen LogP contribution in [0.1, 0.15) is 34.3 Å². The number of hydrogen-bond donors (Lipinski definition) is 3. The number of hydrogen-bond acceptors (Lipinski definition) is 5. The van der Waals surface area contributed by atoms with E-state index in [4.69, 9.17) is 4.74 Å². The van der Waals surface area contributed by atoms with Crippen LogP contribution in [0.25, 0.3) is 0 Å². The molecule has 0 aromatic heterocycles. The normalized spacial score (nSPS) is 18.8. The summed E-state index contributed by atoms with van der Waals surface area (Å²) in [5.74, 6) is 0.768. The van der Waals surface area contributed by atoms with E-state index in [1.54, 1.807) is 7.11 Å². The van der Waals surface area contributed by atoms with Crippen molar-refractivity contribution in [1.29, 1.82) is 0 Å². The highest BCUT2D eigenvalue weighted by molar-refractivity contribution is 5.94. The van der Waals surface area contributed by atoms with Crippen LogP contribution in [0.15, 0.2) is 48.5 Å². The second-order valence-electron chi connectivity index (χ2n) is 8.40. The Morgan fingerprint density at radius 3 is 2.43 bits per heavy atom. The molecule has 0 unspecified atom stereocenters. The van der Waals surface area contributed by atoms with Gasteiger partial charge in [-0.1, -0.05) is 24.3 Å². The predicted octanol–water partition coefficient (Wildman–Crippen LogP) is 2.15. The second-order valence-corrected chi connectivity index (χ2v) is 8.40. The summed E-state index contributed by atoms with van der Waals surface area (Å²) in [5, 5.41) is 10.2. The van der Waals surface area contributed by atoms with E-state index in [9.17, 15) is 4.79 Å². The summed E-state index contributed by atoms with van der Waals surface area (Å²) in [7, 11) is 1.65.